The monoisotopic (exact) mass is 256 g/mol. The van der Waals surface area contributed by atoms with Gasteiger partial charge >= 0.3 is 0 Å². The Hall–Kier alpha value is -2.34. The molecule has 0 unspecified atom stereocenters. The van der Waals surface area contributed by atoms with Crippen LogP contribution in [0.4, 0.5) is 0 Å². The fourth-order valence-corrected chi connectivity index (χ4v) is 3.21. The first-order chi connectivity index (χ1) is 9.74. The molecule has 0 radical (unpaired) electrons. The number of fused-ring (bicyclic) bond motifs is 5. The summed E-state index contributed by atoms with van der Waals surface area (Å²) >= 11 is 0. The van der Waals surface area contributed by atoms with E-state index in [1.807, 2.05) is 0 Å². The van der Waals surface area contributed by atoms with E-state index in [0.717, 1.165) is 0 Å². The molecule has 0 aliphatic heterocycles. The molecule has 0 fully saturated rings. The van der Waals surface area contributed by atoms with E-state index in [9.17, 15) is 0 Å². The van der Waals surface area contributed by atoms with Crippen LogP contribution in [-0.2, 0) is 0 Å². The van der Waals surface area contributed by atoms with Crippen LogP contribution in [0.3, 0.4) is 0 Å². The molecule has 4 rings (SSSR count). The van der Waals surface area contributed by atoms with Gasteiger partial charge in [-0.3, -0.25) is 0 Å². The second-order valence-electron chi connectivity index (χ2n) is 5.62. The third-order valence-electron chi connectivity index (χ3n) is 4.22. The highest BCUT2D eigenvalue weighted by molar-refractivity contribution is 6.18. The van der Waals surface area contributed by atoms with Gasteiger partial charge in [0.15, 0.2) is 0 Å². The van der Waals surface area contributed by atoms with Crippen molar-refractivity contribution in [1.29, 1.82) is 0 Å². The third-order valence-corrected chi connectivity index (χ3v) is 4.22. The van der Waals surface area contributed by atoms with E-state index in [0.29, 0.717) is 0 Å². The van der Waals surface area contributed by atoms with Crippen molar-refractivity contribution in [3.63, 3.8) is 0 Å². The van der Waals surface area contributed by atoms with Gasteiger partial charge in [0.05, 0.1) is 0 Å². The highest BCUT2D eigenvalue weighted by Crippen LogP contribution is 2.33. The van der Waals surface area contributed by atoms with Gasteiger partial charge < -0.3 is 0 Å². The summed E-state index contributed by atoms with van der Waals surface area (Å²) in [5.74, 6) is 0. The van der Waals surface area contributed by atoms with Crippen molar-refractivity contribution in [3.8, 4) is 0 Å². The molecule has 0 atom stereocenters. The summed E-state index contributed by atoms with van der Waals surface area (Å²) in [6, 6.07) is 22.2. The van der Waals surface area contributed by atoms with E-state index in [1.165, 1.54) is 43.4 Å². The minimum atomic E-state index is 1.31. The van der Waals surface area contributed by atoms with Gasteiger partial charge in [-0.25, -0.2) is 0 Å². The molecule has 4 aromatic rings. The highest BCUT2D eigenvalue weighted by atomic mass is 14.1. The predicted molar refractivity (Wildman–Crippen MR) is 88.4 cm³/mol. The average Bonchev–Trinajstić information content (AvgIpc) is 2.47. The van der Waals surface area contributed by atoms with Gasteiger partial charge in [-0.2, -0.15) is 0 Å². The molecule has 20 heavy (non-hydrogen) atoms. The third kappa shape index (κ3) is 1.55. The molecule has 4 aromatic carbocycles. The Bertz CT molecular complexity index is 962. The second-order valence-corrected chi connectivity index (χ2v) is 5.62. The van der Waals surface area contributed by atoms with Gasteiger partial charge in [-0.1, -0.05) is 66.2 Å². The Kier molecular flexibility index (Phi) is 2.34. The van der Waals surface area contributed by atoms with Crippen LogP contribution in [-0.4, -0.2) is 0 Å². The molecule has 0 spiro atoms. The first kappa shape index (κ1) is 11.5. The Balaban J connectivity index is 2.32. The molecule has 96 valence electrons. The van der Waals surface area contributed by atoms with Crippen LogP contribution in [0.1, 0.15) is 11.1 Å². The molecule has 0 heteroatoms. The van der Waals surface area contributed by atoms with Gasteiger partial charge in [0.2, 0.25) is 0 Å². The van der Waals surface area contributed by atoms with Crippen LogP contribution in [0.25, 0.3) is 32.3 Å². The van der Waals surface area contributed by atoms with E-state index < -0.39 is 0 Å². The van der Waals surface area contributed by atoms with E-state index in [2.05, 4.69) is 74.5 Å². The summed E-state index contributed by atoms with van der Waals surface area (Å²) in [6.07, 6.45) is 0. The van der Waals surface area contributed by atoms with Gasteiger partial charge in [-0.05, 0) is 51.7 Å². The zero-order valence-corrected chi connectivity index (χ0v) is 11.8. The van der Waals surface area contributed by atoms with Gasteiger partial charge in [0, 0.05) is 0 Å². The molecular formula is C20H16. The first-order valence-corrected chi connectivity index (χ1v) is 7.05. The summed E-state index contributed by atoms with van der Waals surface area (Å²) < 4.78 is 0. The lowest BCUT2D eigenvalue weighted by atomic mass is 9.93. The largest absolute Gasteiger partial charge is 0.0616 e. The fraction of sp³-hybridized carbons (Fsp3) is 0.100. The van der Waals surface area contributed by atoms with Gasteiger partial charge in [0.1, 0.15) is 0 Å². The number of aryl methyl sites for hydroxylation is 2. The highest BCUT2D eigenvalue weighted by Gasteiger charge is 2.07. The van der Waals surface area contributed by atoms with Crippen molar-refractivity contribution in [3.05, 3.63) is 71.8 Å². The maximum Gasteiger partial charge on any atom is -0.00963 e. The molecule has 0 heterocycles. The SMILES string of the molecule is Cc1ccc2c(C)cc3c4ccccc4ccc3c2c1. The van der Waals surface area contributed by atoms with Crippen LogP contribution < -0.4 is 0 Å². The lowest BCUT2D eigenvalue weighted by Gasteiger charge is -2.11. The Morgan fingerprint density at radius 3 is 2.20 bits per heavy atom. The minimum absolute atomic E-state index is 1.31. The first-order valence-electron chi connectivity index (χ1n) is 7.05. The van der Waals surface area contributed by atoms with Gasteiger partial charge in [0.25, 0.3) is 0 Å². The maximum atomic E-state index is 2.33. The van der Waals surface area contributed by atoms with Crippen LogP contribution in [0.2, 0.25) is 0 Å². The van der Waals surface area contributed by atoms with E-state index in [1.54, 1.807) is 0 Å². The molecule has 0 N–H and O–H groups in total. The molecule has 0 nitrogen and oxygen atoms in total. The summed E-state index contributed by atoms with van der Waals surface area (Å²) in [6.45, 7) is 4.37. The lowest BCUT2D eigenvalue weighted by Crippen LogP contribution is -1.85. The smallest absolute Gasteiger partial charge is 0.00963 e. The van der Waals surface area contributed by atoms with Crippen LogP contribution in [0, 0.1) is 13.8 Å². The molecule has 0 aromatic heterocycles. The number of rotatable bonds is 0. The minimum Gasteiger partial charge on any atom is -0.0616 e. The summed E-state index contributed by atoms with van der Waals surface area (Å²) in [7, 11) is 0. The fourth-order valence-electron chi connectivity index (χ4n) is 3.21. The van der Waals surface area contributed by atoms with Crippen molar-refractivity contribution < 1.29 is 0 Å². The lowest BCUT2D eigenvalue weighted by molar-refractivity contribution is 1.49. The maximum absolute atomic E-state index is 2.33. The Labute approximate surface area is 118 Å². The van der Waals surface area contributed by atoms with Crippen molar-refractivity contribution in [2.45, 2.75) is 13.8 Å². The van der Waals surface area contributed by atoms with Crippen LogP contribution >= 0.6 is 0 Å². The second kappa shape index (κ2) is 4.08. The number of hydrogen-bond donors (Lipinski definition) is 0. The van der Waals surface area contributed by atoms with Crippen molar-refractivity contribution >= 4 is 32.3 Å². The standard InChI is InChI=1S/C20H16/c1-13-7-9-16-14(2)12-20-17-6-4-3-5-15(17)8-10-18(20)19(16)11-13/h3-12H,1-2H3. The number of benzene rings is 4. The molecule has 0 aliphatic rings. The van der Waals surface area contributed by atoms with Gasteiger partial charge in [-0.15, -0.1) is 0 Å². The topological polar surface area (TPSA) is 0 Å². The van der Waals surface area contributed by atoms with E-state index in [4.69, 9.17) is 0 Å². The molecule has 0 saturated heterocycles. The quantitative estimate of drug-likeness (QED) is 0.351. The average molecular weight is 256 g/mol. The summed E-state index contributed by atoms with van der Waals surface area (Å²) in [4.78, 5) is 0. The Morgan fingerprint density at radius 1 is 0.550 bits per heavy atom. The van der Waals surface area contributed by atoms with E-state index >= 15 is 0 Å². The molecule has 0 saturated carbocycles. The van der Waals surface area contributed by atoms with Crippen molar-refractivity contribution in [2.75, 3.05) is 0 Å². The zero-order valence-electron chi connectivity index (χ0n) is 11.8. The van der Waals surface area contributed by atoms with Crippen molar-refractivity contribution in [2.24, 2.45) is 0 Å². The van der Waals surface area contributed by atoms with Crippen molar-refractivity contribution in [1.82, 2.24) is 0 Å². The molecule has 0 amide bonds. The molecule has 0 aliphatic carbocycles. The molecule has 0 bridgehead atoms. The van der Waals surface area contributed by atoms with Crippen LogP contribution in [0.5, 0.6) is 0 Å². The Morgan fingerprint density at radius 2 is 1.30 bits per heavy atom. The normalized spacial score (nSPS) is 11.5. The van der Waals surface area contributed by atoms with Crippen LogP contribution in [0.15, 0.2) is 60.7 Å². The summed E-state index contributed by atoms with van der Waals surface area (Å²) in [5.41, 5.74) is 2.67. The molecular weight excluding hydrogens is 240 g/mol. The van der Waals surface area contributed by atoms with E-state index in [-0.39, 0.29) is 0 Å². The zero-order chi connectivity index (χ0) is 13.7. The predicted octanol–water partition coefficient (Wildman–Crippen LogP) is 5.76. The number of hydrogen-bond acceptors (Lipinski definition) is 0. The summed E-state index contributed by atoms with van der Waals surface area (Å²) in [5, 5.41) is 8.10.